The van der Waals surface area contributed by atoms with Crippen LogP contribution in [-0.4, -0.2) is 24.9 Å². The van der Waals surface area contributed by atoms with Crippen molar-refractivity contribution in [3.05, 3.63) is 77.9 Å². The molecule has 0 aliphatic rings. The van der Waals surface area contributed by atoms with Crippen LogP contribution in [0.1, 0.15) is 24.0 Å². The van der Waals surface area contributed by atoms with Gasteiger partial charge in [0.25, 0.3) is 0 Å². The number of pyridine rings is 1. The minimum atomic E-state index is -1.90. The van der Waals surface area contributed by atoms with Crippen LogP contribution >= 0.6 is 0 Å². The fourth-order valence-corrected chi connectivity index (χ4v) is 2.85. The van der Waals surface area contributed by atoms with E-state index in [9.17, 15) is 18.3 Å². The van der Waals surface area contributed by atoms with Gasteiger partial charge >= 0.3 is 0 Å². The lowest BCUT2D eigenvalue weighted by Crippen LogP contribution is -2.38. The number of rotatable bonds is 5. The van der Waals surface area contributed by atoms with Gasteiger partial charge in [0, 0.05) is 23.7 Å². The van der Waals surface area contributed by atoms with E-state index in [1.807, 2.05) is 0 Å². The second-order valence-electron chi connectivity index (χ2n) is 5.76. The van der Waals surface area contributed by atoms with Crippen LogP contribution in [0.4, 0.5) is 13.2 Å². The fraction of sp³-hybridized carbons (Fsp3) is 0.235. The van der Waals surface area contributed by atoms with E-state index in [0.29, 0.717) is 6.07 Å². The molecule has 0 fully saturated rings. The van der Waals surface area contributed by atoms with Crippen molar-refractivity contribution in [1.29, 1.82) is 0 Å². The molecule has 1 unspecified atom stereocenters. The van der Waals surface area contributed by atoms with Crippen LogP contribution in [0.3, 0.4) is 0 Å². The Balaban J connectivity index is 2.13. The van der Waals surface area contributed by atoms with E-state index in [1.165, 1.54) is 29.6 Å². The molecule has 3 rings (SSSR count). The monoisotopic (exact) mass is 348 g/mol. The van der Waals surface area contributed by atoms with Crippen molar-refractivity contribution in [2.45, 2.75) is 25.0 Å². The van der Waals surface area contributed by atoms with Crippen molar-refractivity contribution in [3.63, 3.8) is 0 Å². The molecule has 2 aromatic heterocycles. The number of benzene rings is 1. The number of aromatic nitrogens is 4. The highest BCUT2D eigenvalue weighted by molar-refractivity contribution is 5.32. The normalized spacial score (nSPS) is 14.9. The van der Waals surface area contributed by atoms with E-state index >= 15 is 0 Å². The molecule has 0 saturated carbocycles. The van der Waals surface area contributed by atoms with Gasteiger partial charge in [-0.1, -0.05) is 13.0 Å². The quantitative estimate of drug-likeness (QED) is 0.770. The fourth-order valence-electron chi connectivity index (χ4n) is 2.85. The zero-order valence-corrected chi connectivity index (χ0v) is 13.3. The molecule has 2 atom stereocenters. The molecule has 130 valence electrons. The van der Waals surface area contributed by atoms with Gasteiger partial charge in [-0.05, 0) is 17.7 Å². The van der Waals surface area contributed by atoms with Gasteiger partial charge in [0.05, 0.1) is 12.7 Å². The smallest absolute Gasteiger partial charge is 0.145 e. The Labute approximate surface area is 141 Å². The zero-order chi connectivity index (χ0) is 18.0. The summed E-state index contributed by atoms with van der Waals surface area (Å²) in [6.45, 7) is 1.36. The lowest BCUT2D eigenvalue weighted by Gasteiger charge is -2.35. The Morgan fingerprint density at radius 2 is 1.96 bits per heavy atom. The summed E-state index contributed by atoms with van der Waals surface area (Å²) in [5.41, 5.74) is -1.90. The topological polar surface area (TPSA) is 63.8 Å². The van der Waals surface area contributed by atoms with E-state index in [-0.39, 0.29) is 17.7 Å². The first-order valence-electron chi connectivity index (χ1n) is 7.51. The van der Waals surface area contributed by atoms with Crippen molar-refractivity contribution >= 4 is 0 Å². The van der Waals surface area contributed by atoms with Gasteiger partial charge in [0.15, 0.2) is 0 Å². The van der Waals surface area contributed by atoms with Gasteiger partial charge in [-0.2, -0.15) is 5.10 Å². The standard InChI is InChI=1S/C17H15F3N4O/c1-11(13-4-5-21-7-16(13)20)17(25,8-24-10-22-9-23-24)14-3-2-12(18)6-15(14)19/h2-7,9-11,25H,8H2,1H3/t11?,17-/m1/s1. The van der Waals surface area contributed by atoms with E-state index < -0.39 is 29.0 Å². The largest absolute Gasteiger partial charge is 0.382 e. The van der Waals surface area contributed by atoms with Gasteiger partial charge in [0.1, 0.15) is 35.7 Å². The molecule has 0 aliphatic carbocycles. The van der Waals surface area contributed by atoms with Crippen LogP contribution in [0.2, 0.25) is 0 Å². The Bertz CT molecular complexity index is 872. The summed E-state index contributed by atoms with van der Waals surface area (Å²) >= 11 is 0. The van der Waals surface area contributed by atoms with Crippen LogP contribution < -0.4 is 0 Å². The minimum absolute atomic E-state index is 0.154. The van der Waals surface area contributed by atoms with Crippen LogP contribution in [0.25, 0.3) is 0 Å². The molecule has 25 heavy (non-hydrogen) atoms. The second-order valence-corrected chi connectivity index (χ2v) is 5.76. The van der Waals surface area contributed by atoms with Crippen LogP contribution in [-0.2, 0) is 12.1 Å². The highest BCUT2D eigenvalue weighted by Gasteiger charge is 2.40. The molecule has 0 saturated heterocycles. The number of aliphatic hydroxyl groups is 1. The molecule has 0 bridgehead atoms. The maximum absolute atomic E-state index is 14.4. The Hall–Kier alpha value is -2.74. The highest BCUT2D eigenvalue weighted by atomic mass is 19.1. The average molecular weight is 348 g/mol. The third-order valence-electron chi connectivity index (χ3n) is 4.25. The molecule has 3 aromatic rings. The summed E-state index contributed by atoms with van der Waals surface area (Å²) in [4.78, 5) is 7.47. The molecule has 0 radical (unpaired) electrons. The van der Waals surface area contributed by atoms with Gasteiger partial charge in [-0.25, -0.2) is 22.8 Å². The van der Waals surface area contributed by atoms with Crippen molar-refractivity contribution in [3.8, 4) is 0 Å². The van der Waals surface area contributed by atoms with Crippen molar-refractivity contribution in [2.24, 2.45) is 0 Å². The predicted molar refractivity (Wildman–Crippen MR) is 82.9 cm³/mol. The van der Waals surface area contributed by atoms with E-state index in [0.717, 1.165) is 18.3 Å². The summed E-state index contributed by atoms with van der Waals surface area (Å²) < 4.78 is 43.2. The SMILES string of the molecule is CC(c1ccncc1F)[C@](O)(Cn1cncn1)c1ccc(F)cc1F. The molecule has 8 heteroatoms. The average Bonchev–Trinajstić information content (AvgIpc) is 3.07. The summed E-state index contributed by atoms with van der Waals surface area (Å²) in [6, 6.07) is 4.28. The molecule has 0 aliphatic heterocycles. The molecular weight excluding hydrogens is 333 g/mol. The predicted octanol–water partition coefficient (Wildman–Crippen LogP) is 2.78. The maximum Gasteiger partial charge on any atom is 0.145 e. The first kappa shape index (κ1) is 17.1. The van der Waals surface area contributed by atoms with Gasteiger partial charge in [0.2, 0.25) is 0 Å². The van der Waals surface area contributed by atoms with Gasteiger partial charge in [-0.3, -0.25) is 4.98 Å². The second kappa shape index (κ2) is 6.64. The molecular formula is C17H15F3N4O. The third kappa shape index (κ3) is 3.25. The molecule has 0 amide bonds. The number of hydrogen-bond acceptors (Lipinski definition) is 4. The highest BCUT2D eigenvalue weighted by Crippen LogP contribution is 2.40. The number of halogens is 3. The minimum Gasteiger partial charge on any atom is -0.382 e. The Morgan fingerprint density at radius 3 is 2.60 bits per heavy atom. The number of hydrogen-bond donors (Lipinski definition) is 1. The summed E-state index contributed by atoms with van der Waals surface area (Å²) in [5.74, 6) is -3.20. The van der Waals surface area contributed by atoms with E-state index in [1.54, 1.807) is 6.92 Å². The van der Waals surface area contributed by atoms with Crippen molar-refractivity contribution in [1.82, 2.24) is 19.7 Å². The van der Waals surface area contributed by atoms with Crippen LogP contribution in [0.5, 0.6) is 0 Å². The molecule has 5 nitrogen and oxygen atoms in total. The van der Waals surface area contributed by atoms with Crippen molar-refractivity contribution in [2.75, 3.05) is 0 Å². The lowest BCUT2D eigenvalue weighted by atomic mass is 9.78. The zero-order valence-electron chi connectivity index (χ0n) is 13.3. The third-order valence-corrected chi connectivity index (χ3v) is 4.25. The molecule has 1 N–H and O–H groups in total. The summed E-state index contributed by atoms with van der Waals surface area (Å²) in [5, 5.41) is 15.2. The number of nitrogens with zero attached hydrogens (tertiary/aromatic N) is 4. The first-order valence-corrected chi connectivity index (χ1v) is 7.51. The van der Waals surface area contributed by atoms with E-state index in [2.05, 4.69) is 15.1 Å². The molecule has 2 heterocycles. The van der Waals surface area contributed by atoms with E-state index in [4.69, 9.17) is 0 Å². The van der Waals surface area contributed by atoms with Crippen molar-refractivity contribution < 1.29 is 18.3 Å². The lowest BCUT2D eigenvalue weighted by molar-refractivity contribution is -0.0121. The van der Waals surface area contributed by atoms with Gasteiger partial charge < -0.3 is 5.11 Å². The molecule has 0 spiro atoms. The Kier molecular flexibility index (Phi) is 4.54. The summed E-state index contributed by atoms with van der Waals surface area (Å²) in [7, 11) is 0. The van der Waals surface area contributed by atoms with Crippen LogP contribution in [0.15, 0.2) is 49.3 Å². The summed E-state index contributed by atoms with van der Waals surface area (Å²) in [6.07, 6.45) is 5.01. The maximum atomic E-state index is 14.4. The Morgan fingerprint density at radius 1 is 1.16 bits per heavy atom. The van der Waals surface area contributed by atoms with Gasteiger partial charge in [-0.15, -0.1) is 0 Å². The molecule has 1 aromatic carbocycles. The first-order chi connectivity index (χ1) is 11.9. The van der Waals surface area contributed by atoms with Crippen LogP contribution in [0, 0.1) is 17.5 Å².